The Morgan fingerprint density at radius 2 is 1.83 bits per heavy atom. The highest BCUT2D eigenvalue weighted by atomic mass is 79.9. The molecule has 0 aromatic heterocycles. The smallest absolute Gasteiger partial charge is 0.312 e. The van der Waals surface area contributed by atoms with Crippen LogP contribution in [0, 0.1) is 0 Å². The van der Waals surface area contributed by atoms with E-state index in [1.54, 1.807) is 24.3 Å². The second kappa shape index (κ2) is 8.70. The fraction of sp³-hybridized carbons (Fsp3) is 0.176. The molecular formula is C17H16BrClN2O3. The Balaban J connectivity index is 2.00. The highest BCUT2D eigenvalue weighted by Gasteiger charge is 2.20. The minimum atomic E-state index is -0.736. The Kier molecular flexibility index (Phi) is 6.63. The standard InChI is InChI=1S/C17H16BrClN2O3/c18-12-7-5-11(6-8-12)10-24-16(22)9-15(21-17(20)23)13-3-1-2-4-14(13)19/h1-8,15H,9-10H2,(H3,20,21,23)/t15-/m1/s1. The van der Waals surface area contributed by atoms with Crippen LogP contribution in [-0.2, 0) is 16.1 Å². The summed E-state index contributed by atoms with van der Waals surface area (Å²) in [5.41, 5.74) is 6.66. The number of esters is 1. The van der Waals surface area contributed by atoms with Crippen molar-refractivity contribution in [3.8, 4) is 0 Å². The molecule has 1 atom stereocenters. The number of halogens is 2. The van der Waals surface area contributed by atoms with Gasteiger partial charge in [-0.2, -0.15) is 0 Å². The largest absolute Gasteiger partial charge is 0.461 e. The SMILES string of the molecule is NC(=O)N[C@H](CC(=O)OCc1ccc(Br)cc1)c1ccccc1Cl. The predicted octanol–water partition coefficient (Wildman–Crippen LogP) is 3.95. The maximum Gasteiger partial charge on any atom is 0.312 e. The number of nitrogens with one attached hydrogen (secondary N) is 1. The lowest BCUT2D eigenvalue weighted by atomic mass is 10.0. The van der Waals surface area contributed by atoms with Crippen molar-refractivity contribution in [2.24, 2.45) is 5.73 Å². The van der Waals surface area contributed by atoms with Crippen LogP contribution in [0.2, 0.25) is 5.02 Å². The third-order valence-corrected chi connectivity index (χ3v) is 4.15. The van der Waals surface area contributed by atoms with E-state index < -0.39 is 18.0 Å². The predicted molar refractivity (Wildman–Crippen MR) is 95.5 cm³/mol. The molecule has 0 unspecified atom stereocenters. The molecule has 7 heteroatoms. The summed E-state index contributed by atoms with van der Waals surface area (Å²) in [6, 6.07) is 13.0. The summed E-state index contributed by atoms with van der Waals surface area (Å²) in [6.07, 6.45) is -0.0663. The van der Waals surface area contributed by atoms with E-state index in [0.29, 0.717) is 10.6 Å². The number of benzene rings is 2. The van der Waals surface area contributed by atoms with Crippen molar-refractivity contribution < 1.29 is 14.3 Å². The maximum absolute atomic E-state index is 12.1. The zero-order valence-corrected chi connectivity index (χ0v) is 15.0. The van der Waals surface area contributed by atoms with E-state index >= 15 is 0 Å². The van der Waals surface area contributed by atoms with E-state index in [0.717, 1.165) is 10.0 Å². The minimum Gasteiger partial charge on any atom is -0.461 e. The van der Waals surface area contributed by atoms with Crippen molar-refractivity contribution in [1.29, 1.82) is 0 Å². The van der Waals surface area contributed by atoms with Gasteiger partial charge in [-0.3, -0.25) is 4.79 Å². The lowest BCUT2D eigenvalue weighted by molar-refractivity contribution is -0.145. The number of hydrogen-bond acceptors (Lipinski definition) is 3. The summed E-state index contributed by atoms with van der Waals surface area (Å²) in [5, 5.41) is 2.96. The molecule has 2 aromatic carbocycles. The Bertz CT molecular complexity index is 722. The number of ether oxygens (including phenoxy) is 1. The van der Waals surface area contributed by atoms with Gasteiger partial charge in [0.15, 0.2) is 0 Å². The second-order valence-corrected chi connectivity index (χ2v) is 6.40. The molecule has 0 fully saturated rings. The quantitative estimate of drug-likeness (QED) is 0.706. The van der Waals surface area contributed by atoms with Crippen LogP contribution < -0.4 is 11.1 Å². The number of rotatable bonds is 6. The van der Waals surface area contributed by atoms with E-state index in [-0.39, 0.29) is 13.0 Å². The van der Waals surface area contributed by atoms with Gasteiger partial charge in [-0.1, -0.05) is 57.9 Å². The fourth-order valence-electron chi connectivity index (χ4n) is 2.14. The van der Waals surface area contributed by atoms with Crippen molar-refractivity contribution in [3.05, 3.63) is 69.2 Å². The summed E-state index contributed by atoms with van der Waals surface area (Å²) >= 11 is 9.47. The molecule has 0 spiro atoms. The number of carbonyl (C=O) groups excluding carboxylic acids is 2. The summed E-state index contributed by atoms with van der Waals surface area (Å²) in [5.74, 6) is -0.461. The Morgan fingerprint density at radius 3 is 2.46 bits per heavy atom. The lowest BCUT2D eigenvalue weighted by Gasteiger charge is -2.18. The van der Waals surface area contributed by atoms with Gasteiger partial charge in [-0.15, -0.1) is 0 Å². The van der Waals surface area contributed by atoms with Gasteiger partial charge >= 0.3 is 12.0 Å². The first-order valence-corrected chi connectivity index (χ1v) is 8.33. The zero-order valence-electron chi connectivity index (χ0n) is 12.7. The summed E-state index contributed by atoms with van der Waals surface area (Å²) in [4.78, 5) is 23.3. The number of primary amides is 1. The van der Waals surface area contributed by atoms with Crippen molar-refractivity contribution in [2.75, 3.05) is 0 Å². The highest BCUT2D eigenvalue weighted by molar-refractivity contribution is 9.10. The van der Waals surface area contributed by atoms with Gasteiger partial charge in [-0.05, 0) is 29.3 Å². The molecule has 2 aromatic rings. The zero-order chi connectivity index (χ0) is 17.5. The third kappa shape index (κ3) is 5.54. The Hall–Kier alpha value is -2.05. The summed E-state index contributed by atoms with van der Waals surface area (Å²) < 4.78 is 6.20. The minimum absolute atomic E-state index is 0.0663. The van der Waals surface area contributed by atoms with Gasteiger partial charge in [-0.25, -0.2) is 4.79 Å². The Labute approximate surface area is 153 Å². The van der Waals surface area contributed by atoms with E-state index in [4.69, 9.17) is 22.1 Å². The number of carbonyl (C=O) groups is 2. The number of amides is 2. The number of hydrogen-bond donors (Lipinski definition) is 2. The van der Waals surface area contributed by atoms with Crippen LogP contribution in [0.25, 0.3) is 0 Å². The first-order chi connectivity index (χ1) is 11.5. The van der Waals surface area contributed by atoms with Crippen LogP contribution in [0.4, 0.5) is 4.79 Å². The van der Waals surface area contributed by atoms with Crippen LogP contribution in [-0.4, -0.2) is 12.0 Å². The maximum atomic E-state index is 12.1. The molecule has 0 aliphatic carbocycles. The number of urea groups is 1. The van der Waals surface area contributed by atoms with Crippen LogP contribution in [0.15, 0.2) is 53.0 Å². The molecule has 0 saturated heterocycles. The molecule has 5 nitrogen and oxygen atoms in total. The number of nitrogens with two attached hydrogens (primary N) is 1. The van der Waals surface area contributed by atoms with Crippen LogP contribution >= 0.6 is 27.5 Å². The molecular weight excluding hydrogens is 396 g/mol. The average molecular weight is 412 g/mol. The van der Waals surface area contributed by atoms with Crippen LogP contribution in [0.3, 0.4) is 0 Å². The van der Waals surface area contributed by atoms with Crippen molar-refractivity contribution in [3.63, 3.8) is 0 Å². The second-order valence-electron chi connectivity index (χ2n) is 5.07. The molecule has 24 heavy (non-hydrogen) atoms. The molecule has 0 saturated carbocycles. The van der Waals surface area contributed by atoms with Gasteiger partial charge in [0, 0.05) is 9.50 Å². The first-order valence-electron chi connectivity index (χ1n) is 7.16. The fourth-order valence-corrected chi connectivity index (χ4v) is 2.67. The summed E-state index contributed by atoms with van der Waals surface area (Å²) in [7, 11) is 0. The molecule has 3 N–H and O–H groups in total. The third-order valence-electron chi connectivity index (χ3n) is 3.28. The topological polar surface area (TPSA) is 81.4 Å². The molecule has 0 heterocycles. The van der Waals surface area contributed by atoms with E-state index in [9.17, 15) is 9.59 Å². The summed E-state index contributed by atoms with van der Waals surface area (Å²) in [6.45, 7) is 0.151. The first kappa shape index (κ1) is 18.3. The highest BCUT2D eigenvalue weighted by Crippen LogP contribution is 2.25. The van der Waals surface area contributed by atoms with Gasteiger partial charge in [0.2, 0.25) is 0 Å². The van der Waals surface area contributed by atoms with Crippen molar-refractivity contribution in [2.45, 2.75) is 19.1 Å². The van der Waals surface area contributed by atoms with Crippen LogP contribution in [0.5, 0.6) is 0 Å². The van der Waals surface area contributed by atoms with Gasteiger partial charge in [0.1, 0.15) is 6.61 Å². The van der Waals surface area contributed by atoms with E-state index in [1.807, 2.05) is 24.3 Å². The van der Waals surface area contributed by atoms with Gasteiger partial charge in [0.05, 0.1) is 12.5 Å². The molecule has 0 aliphatic heterocycles. The van der Waals surface area contributed by atoms with Crippen molar-refractivity contribution in [1.82, 2.24) is 5.32 Å². The molecule has 0 bridgehead atoms. The molecule has 126 valence electrons. The molecule has 0 radical (unpaired) electrons. The molecule has 2 amide bonds. The lowest BCUT2D eigenvalue weighted by Crippen LogP contribution is -2.34. The Morgan fingerprint density at radius 1 is 1.17 bits per heavy atom. The van der Waals surface area contributed by atoms with E-state index in [2.05, 4.69) is 21.2 Å². The van der Waals surface area contributed by atoms with Gasteiger partial charge < -0.3 is 15.8 Å². The van der Waals surface area contributed by atoms with Gasteiger partial charge in [0.25, 0.3) is 0 Å². The normalized spacial score (nSPS) is 11.6. The molecule has 2 rings (SSSR count). The van der Waals surface area contributed by atoms with Crippen molar-refractivity contribution >= 4 is 39.5 Å². The van der Waals surface area contributed by atoms with E-state index in [1.165, 1.54) is 0 Å². The average Bonchev–Trinajstić information content (AvgIpc) is 2.54. The molecule has 0 aliphatic rings. The monoisotopic (exact) mass is 410 g/mol. The van der Waals surface area contributed by atoms with Crippen LogP contribution in [0.1, 0.15) is 23.6 Å².